The molecule has 3 unspecified atom stereocenters. The molecular formula is C9H15NO4. The molecule has 3 atom stereocenters. The molecule has 0 aliphatic heterocycles. The number of esters is 1. The number of hydrogen-bond acceptors (Lipinski definition) is 4. The van der Waals surface area contributed by atoms with E-state index in [1.54, 1.807) is 0 Å². The third-order valence-corrected chi connectivity index (χ3v) is 2.39. The second-order valence-electron chi connectivity index (χ2n) is 3.60. The maximum atomic E-state index is 11.3. The summed E-state index contributed by atoms with van der Waals surface area (Å²) >= 11 is 0. The summed E-state index contributed by atoms with van der Waals surface area (Å²) in [7, 11) is 1.19. The minimum atomic E-state index is -1.27. The summed E-state index contributed by atoms with van der Waals surface area (Å²) in [5, 5.41) is 11.6. The molecule has 0 radical (unpaired) electrons. The molecule has 1 saturated carbocycles. The lowest BCUT2D eigenvalue weighted by atomic mass is 10.3. The van der Waals surface area contributed by atoms with Gasteiger partial charge in [-0.15, -0.1) is 0 Å². The van der Waals surface area contributed by atoms with E-state index in [2.05, 4.69) is 10.1 Å². The molecular weight excluding hydrogens is 186 g/mol. The maximum Gasteiger partial charge on any atom is 0.336 e. The number of carbonyl (C=O) groups excluding carboxylic acids is 2. The van der Waals surface area contributed by atoms with Crippen molar-refractivity contribution in [2.24, 2.45) is 11.8 Å². The van der Waals surface area contributed by atoms with Crippen molar-refractivity contribution < 1.29 is 19.4 Å². The van der Waals surface area contributed by atoms with Crippen molar-refractivity contribution in [3.63, 3.8) is 0 Å². The van der Waals surface area contributed by atoms with E-state index < -0.39 is 12.1 Å². The van der Waals surface area contributed by atoms with Gasteiger partial charge in [0.2, 0.25) is 5.91 Å². The van der Waals surface area contributed by atoms with Gasteiger partial charge in [-0.05, 0) is 12.3 Å². The highest BCUT2D eigenvalue weighted by Gasteiger charge is 2.39. The minimum absolute atomic E-state index is 0.0554. The lowest BCUT2D eigenvalue weighted by Crippen LogP contribution is -2.38. The first-order chi connectivity index (χ1) is 6.56. The van der Waals surface area contributed by atoms with E-state index in [1.165, 1.54) is 7.11 Å². The summed E-state index contributed by atoms with van der Waals surface area (Å²) < 4.78 is 4.30. The molecule has 2 N–H and O–H groups in total. The average molecular weight is 201 g/mol. The zero-order valence-corrected chi connectivity index (χ0v) is 8.32. The van der Waals surface area contributed by atoms with Crippen molar-refractivity contribution in [1.29, 1.82) is 0 Å². The molecule has 1 amide bonds. The number of aliphatic hydroxyl groups is 1. The van der Waals surface area contributed by atoms with Gasteiger partial charge in [-0.2, -0.15) is 0 Å². The lowest BCUT2D eigenvalue weighted by Gasteiger charge is -2.09. The zero-order chi connectivity index (χ0) is 10.7. The first-order valence-electron chi connectivity index (χ1n) is 4.60. The summed E-state index contributed by atoms with van der Waals surface area (Å²) in [4.78, 5) is 22.0. The number of ether oxygens (including phenoxy) is 1. The summed E-state index contributed by atoms with van der Waals surface area (Å²) in [6, 6.07) is 0. The molecule has 1 rings (SSSR count). The molecule has 0 bridgehead atoms. The van der Waals surface area contributed by atoms with Crippen molar-refractivity contribution in [3.8, 4) is 0 Å². The fourth-order valence-electron chi connectivity index (χ4n) is 1.24. The Morgan fingerprint density at radius 2 is 2.21 bits per heavy atom. The van der Waals surface area contributed by atoms with E-state index in [9.17, 15) is 9.59 Å². The molecule has 5 heteroatoms. The third-order valence-electron chi connectivity index (χ3n) is 2.39. The standard InChI is InChI=1S/C9H15NO4/c1-5-3-6(5)8(12)10-4-7(11)9(13)14-2/h5-7,11H,3-4H2,1-2H3,(H,10,12). The van der Waals surface area contributed by atoms with Gasteiger partial charge in [0.25, 0.3) is 0 Å². The summed E-state index contributed by atoms with van der Waals surface area (Å²) in [5.41, 5.74) is 0. The zero-order valence-electron chi connectivity index (χ0n) is 8.32. The van der Waals surface area contributed by atoms with Crippen LogP contribution in [0.5, 0.6) is 0 Å². The molecule has 0 aromatic rings. The second kappa shape index (κ2) is 4.41. The number of carbonyl (C=O) groups is 2. The maximum absolute atomic E-state index is 11.3. The predicted molar refractivity (Wildman–Crippen MR) is 48.3 cm³/mol. The molecule has 1 aliphatic carbocycles. The van der Waals surface area contributed by atoms with Crippen LogP contribution in [-0.4, -0.2) is 36.7 Å². The number of methoxy groups -OCH3 is 1. The predicted octanol–water partition coefficient (Wildman–Crippen LogP) is -0.708. The number of aliphatic hydroxyl groups excluding tert-OH is 1. The topological polar surface area (TPSA) is 75.6 Å². The molecule has 80 valence electrons. The van der Waals surface area contributed by atoms with E-state index in [-0.39, 0.29) is 18.4 Å². The summed E-state index contributed by atoms with van der Waals surface area (Å²) in [5.74, 6) is -0.347. The fourth-order valence-corrected chi connectivity index (χ4v) is 1.24. The van der Waals surface area contributed by atoms with Crippen LogP contribution in [-0.2, 0) is 14.3 Å². The summed E-state index contributed by atoms with van der Waals surface area (Å²) in [6.45, 7) is 1.91. The average Bonchev–Trinajstić information content (AvgIpc) is 2.90. The van der Waals surface area contributed by atoms with Crippen molar-refractivity contribution in [1.82, 2.24) is 5.32 Å². The van der Waals surface area contributed by atoms with Gasteiger partial charge in [-0.3, -0.25) is 4.79 Å². The van der Waals surface area contributed by atoms with Crippen molar-refractivity contribution in [2.45, 2.75) is 19.4 Å². The third kappa shape index (κ3) is 2.70. The number of nitrogens with one attached hydrogen (secondary N) is 1. The molecule has 1 aliphatic rings. The number of rotatable bonds is 4. The largest absolute Gasteiger partial charge is 0.467 e. The Hall–Kier alpha value is -1.10. The second-order valence-corrected chi connectivity index (χ2v) is 3.60. The van der Waals surface area contributed by atoms with Gasteiger partial charge in [0, 0.05) is 5.92 Å². The highest BCUT2D eigenvalue weighted by atomic mass is 16.5. The molecule has 1 fully saturated rings. The first kappa shape index (κ1) is 11.0. The van der Waals surface area contributed by atoms with Crippen LogP contribution >= 0.6 is 0 Å². The van der Waals surface area contributed by atoms with Crippen LogP contribution in [0.2, 0.25) is 0 Å². The van der Waals surface area contributed by atoms with Crippen LogP contribution in [0.15, 0.2) is 0 Å². The van der Waals surface area contributed by atoms with Crippen LogP contribution in [0.3, 0.4) is 0 Å². The van der Waals surface area contributed by atoms with Gasteiger partial charge in [0.05, 0.1) is 13.7 Å². The van der Waals surface area contributed by atoms with E-state index in [0.29, 0.717) is 5.92 Å². The monoisotopic (exact) mass is 201 g/mol. The van der Waals surface area contributed by atoms with Gasteiger partial charge in [-0.1, -0.05) is 6.92 Å². The molecule has 0 aromatic carbocycles. The number of hydrogen-bond donors (Lipinski definition) is 2. The van der Waals surface area contributed by atoms with E-state index in [0.717, 1.165) is 6.42 Å². The normalized spacial score (nSPS) is 26.5. The quantitative estimate of drug-likeness (QED) is 0.589. The van der Waals surface area contributed by atoms with Crippen LogP contribution < -0.4 is 5.32 Å². The van der Waals surface area contributed by atoms with Crippen molar-refractivity contribution in [3.05, 3.63) is 0 Å². The van der Waals surface area contributed by atoms with E-state index in [4.69, 9.17) is 5.11 Å². The Labute approximate surface area is 82.4 Å². The van der Waals surface area contributed by atoms with Crippen LogP contribution in [0.25, 0.3) is 0 Å². The van der Waals surface area contributed by atoms with E-state index >= 15 is 0 Å². The number of amides is 1. The Morgan fingerprint density at radius 1 is 1.64 bits per heavy atom. The van der Waals surface area contributed by atoms with Crippen LogP contribution in [0.4, 0.5) is 0 Å². The Morgan fingerprint density at radius 3 is 2.64 bits per heavy atom. The Balaban J connectivity index is 2.20. The molecule has 14 heavy (non-hydrogen) atoms. The van der Waals surface area contributed by atoms with Gasteiger partial charge in [0.1, 0.15) is 0 Å². The van der Waals surface area contributed by atoms with Crippen molar-refractivity contribution in [2.75, 3.05) is 13.7 Å². The van der Waals surface area contributed by atoms with Gasteiger partial charge in [-0.25, -0.2) is 4.79 Å². The lowest BCUT2D eigenvalue weighted by molar-refractivity contribution is -0.150. The van der Waals surface area contributed by atoms with Crippen molar-refractivity contribution >= 4 is 11.9 Å². The fraction of sp³-hybridized carbons (Fsp3) is 0.778. The molecule has 0 aromatic heterocycles. The highest BCUT2D eigenvalue weighted by molar-refractivity contribution is 5.82. The highest BCUT2D eigenvalue weighted by Crippen LogP contribution is 2.37. The summed E-state index contributed by atoms with van der Waals surface area (Å²) in [6.07, 6.45) is -0.377. The van der Waals surface area contributed by atoms with Crippen LogP contribution in [0, 0.1) is 11.8 Å². The molecule has 0 spiro atoms. The molecule has 0 saturated heterocycles. The minimum Gasteiger partial charge on any atom is -0.467 e. The van der Waals surface area contributed by atoms with Crippen LogP contribution in [0.1, 0.15) is 13.3 Å². The smallest absolute Gasteiger partial charge is 0.336 e. The van der Waals surface area contributed by atoms with Gasteiger partial charge < -0.3 is 15.2 Å². The molecule has 5 nitrogen and oxygen atoms in total. The Bertz CT molecular complexity index is 241. The molecule has 0 heterocycles. The Kier molecular flexibility index (Phi) is 3.46. The van der Waals surface area contributed by atoms with Gasteiger partial charge >= 0.3 is 5.97 Å². The van der Waals surface area contributed by atoms with E-state index in [1.807, 2.05) is 6.92 Å². The first-order valence-corrected chi connectivity index (χ1v) is 4.60. The SMILES string of the molecule is COC(=O)C(O)CNC(=O)C1CC1C. The van der Waals surface area contributed by atoms with Gasteiger partial charge in [0.15, 0.2) is 6.10 Å².